The molecule has 1 aromatic rings. The second-order valence-electron chi connectivity index (χ2n) is 5.10. The van der Waals surface area contributed by atoms with E-state index in [1.165, 1.54) is 0 Å². The summed E-state index contributed by atoms with van der Waals surface area (Å²) in [6.07, 6.45) is 1.74. The number of amides is 1. The molecular weight excluding hydrogens is 234 g/mol. The summed E-state index contributed by atoms with van der Waals surface area (Å²) in [6.45, 7) is 6.98. The van der Waals surface area contributed by atoms with Crippen LogP contribution >= 0.6 is 0 Å². The summed E-state index contributed by atoms with van der Waals surface area (Å²) >= 11 is 0. The van der Waals surface area contributed by atoms with Gasteiger partial charge >= 0.3 is 0 Å². The van der Waals surface area contributed by atoms with Crippen LogP contribution in [0.15, 0.2) is 6.20 Å². The third kappa shape index (κ3) is 5.74. The summed E-state index contributed by atoms with van der Waals surface area (Å²) in [6, 6.07) is 0. The lowest BCUT2D eigenvalue weighted by Crippen LogP contribution is -2.44. The first kappa shape index (κ1) is 14.6. The zero-order chi connectivity index (χ0) is 13.6. The maximum atomic E-state index is 11.5. The molecule has 102 valence electrons. The van der Waals surface area contributed by atoms with Crippen LogP contribution in [-0.4, -0.2) is 44.7 Å². The summed E-state index contributed by atoms with van der Waals surface area (Å²) in [7, 11) is 0. The average Bonchev–Trinajstić information content (AvgIpc) is 2.63. The molecule has 0 fully saturated rings. The van der Waals surface area contributed by atoms with Crippen molar-refractivity contribution < 1.29 is 9.90 Å². The normalized spacial score (nSPS) is 11.6. The van der Waals surface area contributed by atoms with Gasteiger partial charge in [0.15, 0.2) is 0 Å². The molecule has 0 radical (unpaired) electrons. The molecule has 3 N–H and O–H groups in total. The molecule has 1 aromatic heterocycles. The van der Waals surface area contributed by atoms with Gasteiger partial charge in [-0.25, -0.2) is 4.68 Å². The molecule has 0 atom stereocenters. The fourth-order valence-corrected chi connectivity index (χ4v) is 1.40. The van der Waals surface area contributed by atoms with E-state index >= 15 is 0 Å². The second-order valence-corrected chi connectivity index (χ2v) is 5.10. The van der Waals surface area contributed by atoms with Crippen molar-refractivity contribution >= 4 is 5.91 Å². The second kappa shape index (κ2) is 6.46. The Labute approximate surface area is 107 Å². The number of hydrogen-bond acceptors (Lipinski definition) is 5. The number of hydrogen-bond donors (Lipinski definition) is 3. The Kier molecular flexibility index (Phi) is 5.24. The number of carbonyl (C=O) groups excluding carboxylic acids is 1. The maximum absolute atomic E-state index is 11.5. The third-order valence-corrected chi connectivity index (χ3v) is 2.02. The van der Waals surface area contributed by atoms with E-state index in [2.05, 4.69) is 20.9 Å². The Hall–Kier alpha value is -1.47. The molecule has 7 nitrogen and oxygen atoms in total. The molecule has 7 heteroatoms. The first-order valence-electron chi connectivity index (χ1n) is 5.92. The van der Waals surface area contributed by atoms with Gasteiger partial charge in [0.05, 0.1) is 25.4 Å². The Balaban J connectivity index is 2.26. The Morgan fingerprint density at radius 2 is 2.22 bits per heavy atom. The molecule has 0 aliphatic rings. The Morgan fingerprint density at radius 3 is 2.83 bits per heavy atom. The van der Waals surface area contributed by atoms with Gasteiger partial charge in [-0.15, -0.1) is 5.10 Å². The van der Waals surface area contributed by atoms with Crippen LogP contribution < -0.4 is 10.6 Å². The van der Waals surface area contributed by atoms with Crippen LogP contribution in [0.4, 0.5) is 0 Å². The van der Waals surface area contributed by atoms with E-state index in [0.29, 0.717) is 13.1 Å². The van der Waals surface area contributed by atoms with Crippen LogP contribution in [-0.2, 0) is 17.9 Å². The molecule has 1 rings (SSSR count). The van der Waals surface area contributed by atoms with Gasteiger partial charge in [-0.3, -0.25) is 4.79 Å². The highest BCUT2D eigenvalue weighted by Crippen LogP contribution is 1.97. The van der Waals surface area contributed by atoms with E-state index in [4.69, 9.17) is 5.11 Å². The van der Waals surface area contributed by atoms with E-state index < -0.39 is 0 Å². The topological polar surface area (TPSA) is 92.1 Å². The van der Waals surface area contributed by atoms with Crippen LogP contribution in [0.2, 0.25) is 0 Å². The highest BCUT2D eigenvalue weighted by molar-refractivity contribution is 5.78. The zero-order valence-electron chi connectivity index (χ0n) is 11.1. The molecule has 0 unspecified atom stereocenters. The molecule has 0 aliphatic heterocycles. The number of aliphatic hydroxyl groups is 1. The SMILES string of the molecule is CC(C)(C)NC(=O)CNCc1cn(CCO)nn1. The van der Waals surface area contributed by atoms with Crippen molar-refractivity contribution in [2.45, 2.75) is 39.4 Å². The van der Waals surface area contributed by atoms with Gasteiger partial charge in [0.1, 0.15) is 0 Å². The summed E-state index contributed by atoms with van der Waals surface area (Å²) < 4.78 is 1.56. The maximum Gasteiger partial charge on any atom is 0.234 e. The summed E-state index contributed by atoms with van der Waals surface area (Å²) in [5, 5.41) is 22.3. The van der Waals surface area contributed by atoms with Crippen molar-refractivity contribution in [3.8, 4) is 0 Å². The van der Waals surface area contributed by atoms with Crippen molar-refractivity contribution in [2.24, 2.45) is 0 Å². The van der Waals surface area contributed by atoms with Gasteiger partial charge in [-0.1, -0.05) is 5.21 Å². The van der Waals surface area contributed by atoms with E-state index in [1.54, 1.807) is 10.9 Å². The van der Waals surface area contributed by atoms with E-state index in [1.807, 2.05) is 20.8 Å². The van der Waals surface area contributed by atoms with Gasteiger partial charge in [0, 0.05) is 18.3 Å². The molecule has 0 saturated heterocycles. The summed E-state index contributed by atoms with van der Waals surface area (Å²) in [5.41, 5.74) is 0.523. The molecule has 0 spiro atoms. The number of aliphatic hydroxyl groups excluding tert-OH is 1. The minimum atomic E-state index is -0.219. The van der Waals surface area contributed by atoms with Crippen LogP contribution in [0.3, 0.4) is 0 Å². The standard InChI is InChI=1S/C11H21N5O2/c1-11(2,3)13-10(18)7-12-6-9-8-16(4-5-17)15-14-9/h8,12,17H,4-7H2,1-3H3,(H,13,18). The van der Waals surface area contributed by atoms with Crippen molar-refractivity contribution in [1.82, 2.24) is 25.6 Å². The number of nitrogens with zero attached hydrogens (tertiary/aromatic N) is 3. The fourth-order valence-electron chi connectivity index (χ4n) is 1.40. The lowest BCUT2D eigenvalue weighted by Gasteiger charge is -2.20. The van der Waals surface area contributed by atoms with E-state index in [9.17, 15) is 4.79 Å². The smallest absolute Gasteiger partial charge is 0.234 e. The quantitative estimate of drug-likeness (QED) is 0.623. The molecule has 1 heterocycles. The highest BCUT2D eigenvalue weighted by atomic mass is 16.3. The molecule has 0 saturated carbocycles. The molecule has 18 heavy (non-hydrogen) atoms. The predicted molar refractivity (Wildman–Crippen MR) is 66.7 cm³/mol. The minimum absolute atomic E-state index is 0.0320. The first-order valence-corrected chi connectivity index (χ1v) is 5.92. The van der Waals surface area contributed by atoms with Gasteiger partial charge in [0.2, 0.25) is 5.91 Å². The lowest BCUT2D eigenvalue weighted by atomic mass is 10.1. The zero-order valence-corrected chi connectivity index (χ0v) is 11.1. The molecule has 0 aliphatic carbocycles. The van der Waals surface area contributed by atoms with Crippen molar-refractivity contribution in [3.63, 3.8) is 0 Å². The predicted octanol–water partition coefficient (Wildman–Crippen LogP) is -0.725. The molecule has 0 bridgehead atoms. The lowest BCUT2D eigenvalue weighted by molar-refractivity contribution is -0.121. The average molecular weight is 255 g/mol. The van der Waals surface area contributed by atoms with Crippen LogP contribution in [0, 0.1) is 0 Å². The minimum Gasteiger partial charge on any atom is -0.394 e. The van der Waals surface area contributed by atoms with Gasteiger partial charge < -0.3 is 15.7 Å². The molecule has 1 amide bonds. The first-order chi connectivity index (χ1) is 8.40. The molecular formula is C11H21N5O2. The molecule has 0 aromatic carbocycles. The largest absolute Gasteiger partial charge is 0.394 e. The van der Waals surface area contributed by atoms with Gasteiger partial charge in [-0.2, -0.15) is 0 Å². The summed E-state index contributed by atoms with van der Waals surface area (Å²) in [5.74, 6) is -0.0507. The van der Waals surface area contributed by atoms with Crippen LogP contribution in [0.25, 0.3) is 0 Å². The third-order valence-electron chi connectivity index (χ3n) is 2.02. The number of carbonyl (C=O) groups is 1. The number of nitrogens with one attached hydrogen (secondary N) is 2. The summed E-state index contributed by atoms with van der Waals surface area (Å²) in [4.78, 5) is 11.5. The van der Waals surface area contributed by atoms with Crippen molar-refractivity contribution in [3.05, 3.63) is 11.9 Å². The highest BCUT2D eigenvalue weighted by Gasteiger charge is 2.13. The Bertz CT molecular complexity index is 383. The van der Waals surface area contributed by atoms with Crippen molar-refractivity contribution in [2.75, 3.05) is 13.2 Å². The number of aromatic nitrogens is 3. The van der Waals surface area contributed by atoms with E-state index in [0.717, 1.165) is 5.69 Å². The van der Waals surface area contributed by atoms with Crippen LogP contribution in [0.5, 0.6) is 0 Å². The monoisotopic (exact) mass is 255 g/mol. The number of rotatable bonds is 6. The Morgan fingerprint density at radius 1 is 1.50 bits per heavy atom. The van der Waals surface area contributed by atoms with Gasteiger partial charge in [-0.05, 0) is 20.8 Å². The van der Waals surface area contributed by atoms with Gasteiger partial charge in [0.25, 0.3) is 0 Å². The fraction of sp³-hybridized carbons (Fsp3) is 0.727. The van der Waals surface area contributed by atoms with E-state index in [-0.39, 0.29) is 24.6 Å². The van der Waals surface area contributed by atoms with Crippen molar-refractivity contribution in [1.29, 1.82) is 0 Å². The van der Waals surface area contributed by atoms with Crippen LogP contribution in [0.1, 0.15) is 26.5 Å².